The fourth-order valence-corrected chi connectivity index (χ4v) is 5.32. The minimum Gasteiger partial charge on any atom is -0.390 e. The highest BCUT2D eigenvalue weighted by Gasteiger charge is 2.58. The van der Waals surface area contributed by atoms with Gasteiger partial charge in [-0.15, -0.1) is 0 Å². The van der Waals surface area contributed by atoms with Gasteiger partial charge in [-0.25, -0.2) is 5.84 Å². The highest BCUT2D eigenvalue weighted by molar-refractivity contribution is 5.75. The third-order valence-electron chi connectivity index (χ3n) is 6.31. The molecule has 0 radical (unpaired) electrons. The zero-order chi connectivity index (χ0) is 15.2. The lowest BCUT2D eigenvalue weighted by Crippen LogP contribution is -2.58. The summed E-state index contributed by atoms with van der Waals surface area (Å²) in [4.78, 5) is 11.8. The summed E-state index contributed by atoms with van der Waals surface area (Å²) in [5, 5.41) is 10.8. The van der Waals surface area contributed by atoms with Crippen molar-refractivity contribution in [1.82, 2.24) is 5.43 Å². The van der Waals surface area contributed by atoms with Crippen molar-refractivity contribution in [2.45, 2.75) is 71.8 Å². The highest BCUT2D eigenvalue weighted by Crippen LogP contribution is 2.62. The molecule has 2 fully saturated rings. The maximum Gasteiger partial charge on any atom is 0.234 e. The molecule has 0 spiro atoms. The molecule has 0 aliphatic heterocycles. The lowest BCUT2D eigenvalue weighted by molar-refractivity contribution is -0.173. The molecule has 0 saturated heterocycles. The van der Waals surface area contributed by atoms with Crippen LogP contribution in [0.2, 0.25) is 0 Å². The van der Waals surface area contributed by atoms with Crippen LogP contribution >= 0.6 is 0 Å². The van der Waals surface area contributed by atoms with Crippen LogP contribution in [0, 0.1) is 22.7 Å². The number of rotatable bonds is 2. The van der Waals surface area contributed by atoms with Gasteiger partial charge in [0.2, 0.25) is 5.91 Å². The molecule has 0 aromatic carbocycles. The SMILES string of the molecule is CC1(C)CCC[C@]2(C)[C@@H](CC(=O)NN)[C@@](C)(O)CC[C@@H]12. The van der Waals surface area contributed by atoms with E-state index in [1.54, 1.807) is 0 Å². The van der Waals surface area contributed by atoms with E-state index >= 15 is 0 Å². The Hall–Kier alpha value is -0.610. The number of amides is 1. The van der Waals surface area contributed by atoms with Crippen molar-refractivity contribution in [2.24, 2.45) is 28.5 Å². The Balaban J connectivity index is 2.35. The minimum absolute atomic E-state index is 0.0168. The van der Waals surface area contributed by atoms with E-state index in [4.69, 9.17) is 5.84 Å². The number of nitrogens with one attached hydrogen (secondary N) is 1. The van der Waals surface area contributed by atoms with E-state index < -0.39 is 5.60 Å². The molecule has 4 N–H and O–H groups in total. The van der Waals surface area contributed by atoms with E-state index in [-0.39, 0.29) is 17.2 Å². The molecule has 116 valence electrons. The first-order valence-electron chi connectivity index (χ1n) is 7.85. The molecule has 1 amide bonds. The number of hydrazine groups is 1. The van der Waals surface area contributed by atoms with Crippen molar-refractivity contribution in [3.05, 3.63) is 0 Å². The number of aliphatic hydroxyl groups is 1. The maximum absolute atomic E-state index is 11.8. The average molecular weight is 282 g/mol. The Kier molecular flexibility index (Phi) is 3.93. The topological polar surface area (TPSA) is 75.4 Å². The summed E-state index contributed by atoms with van der Waals surface area (Å²) in [5.41, 5.74) is 1.78. The standard InChI is InChI=1S/C16H30N2O2/c1-14(2)7-5-8-15(3)11(14)6-9-16(4,20)12(15)10-13(19)18-17/h11-12,20H,5-10,17H2,1-4H3,(H,18,19)/t11-,12+,15-,16-/m0/s1. The number of hydrogen-bond donors (Lipinski definition) is 3. The molecular weight excluding hydrogens is 252 g/mol. The predicted molar refractivity (Wildman–Crippen MR) is 79.5 cm³/mol. The summed E-state index contributed by atoms with van der Waals surface area (Å²) in [5.74, 6) is 5.65. The van der Waals surface area contributed by atoms with Crippen LogP contribution in [0.1, 0.15) is 66.2 Å². The van der Waals surface area contributed by atoms with Crippen LogP contribution in [0.15, 0.2) is 0 Å². The summed E-state index contributed by atoms with van der Waals surface area (Å²) in [6.07, 6.45) is 5.67. The molecule has 0 aromatic heterocycles. The predicted octanol–water partition coefficient (Wildman–Crippen LogP) is 2.36. The Morgan fingerprint density at radius 1 is 1.25 bits per heavy atom. The van der Waals surface area contributed by atoms with Gasteiger partial charge in [0.05, 0.1) is 5.60 Å². The molecule has 0 aromatic rings. The fraction of sp³-hybridized carbons (Fsp3) is 0.938. The van der Waals surface area contributed by atoms with Gasteiger partial charge in [-0.2, -0.15) is 0 Å². The molecule has 4 atom stereocenters. The van der Waals surface area contributed by atoms with Gasteiger partial charge < -0.3 is 5.11 Å². The quantitative estimate of drug-likeness (QED) is 0.413. The smallest absolute Gasteiger partial charge is 0.234 e. The Morgan fingerprint density at radius 3 is 2.50 bits per heavy atom. The van der Waals surface area contributed by atoms with Crippen molar-refractivity contribution >= 4 is 5.91 Å². The first-order chi connectivity index (χ1) is 9.13. The van der Waals surface area contributed by atoms with Gasteiger partial charge in [0.25, 0.3) is 0 Å². The van der Waals surface area contributed by atoms with Gasteiger partial charge in [-0.1, -0.05) is 27.2 Å². The normalized spacial score (nSPS) is 43.7. The maximum atomic E-state index is 11.8. The van der Waals surface area contributed by atoms with Crippen LogP contribution < -0.4 is 11.3 Å². The van der Waals surface area contributed by atoms with Gasteiger partial charge in [0, 0.05) is 12.3 Å². The molecule has 0 unspecified atom stereocenters. The molecule has 2 rings (SSSR count). The van der Waals surface area contributed by atoms with Gasteiger partial charge >= 0.3 is 0 Å². The lowest BCUT2D eigenvalue weighted by Gasteiger charge is -2.61. The van der Waals surface area contributed by atoms with Gasteiger partial charge in [-0.3, -0.25) is 10.2 Å². The second kappa shape index (κ2) is 4.99. The summed E-state index contributed by atoms with van der Waals surface area (Å²) in [6.45, 7) is 8.86. The van der Waals surface area contributed by atoms with E-state index in [9.17, 15) is 9.90 Å². The van der Waals surface area contributed by atoms with Crippen LogP contribution in [0.5, 0.6) is 0 Å². The van der Waals surface area contributed by atoms with Crippen molar-refractivity contribution in [2.75, 3.05) is 0 Å². The zero-order valence-corrected chi connectivity index (χ0v) is 13.3. The van der Waals surface area contributed by atoms with Crippen molar-refractivity contribution in [3.8, 4) is 0 Å². The molecule has 2 aliphatic rings. The number of carbonyl (C=O) groups excluding carboxylic acids is 1. The minimum atomic E-state index is -0.773. The van der Waals surface area contributed by atoms with Crippen LogP contribution in [0.4, 0.5) is 0 Å². The summed E-state index contributed by atoms with van der Waals surface area (Å²) >= 11 is 0. The lowest BCUT2D eigenvalue weighted by atomic mass is 9.45. The number of hydrogen-bond acceptors (Lipinski definition) is 3. The first kappa shape index (κ1) is 15.8. The molecule has 2 aliphatic carbocycles. The largest absolute Gasteiger partial charge is 0.390 e. The molecule has 20 heavy (non-hydrogen) atoms. The molecular formula is C16H30N2O2. The van der Waals surface area contributed by atoms with Crippen molar-refractivity contribution in [1.29, 1.82) is 0 Å². The Labute approximate surface area is 122 Å². The van der Waals surface area contributed by atoms with Gasteiger partial charge in [0.15, 0.2) is 0 Å². The summed E-state index contributed by atoms with van der Waals surface area (Å²) in [7, 11) is 0. The first-order valence-corrected chi connectivity index (χ1v) is 7.85. The molecule has 2 saturated carbocycles. The van der Waals surface area contributed by atoms with Gasteiger partial charge in [-0.05, 0) is 49.4 Å². The summed E-state index contributed by atoms with van der Waals surface area (Å²) in [6, 6.07) is 0. The van der Waals surface area contributed by atoms with E-state index in [1.807, 2.05) is 6.92 Å². The second-order valence-corrected chi connectivity index (χ2v) is 8.12. The van der Waals surface area contributed by atoms with Crippen molar-refractivity contribution < 1.29 is 9.90 Å². The molecule has 4 heteroatoms. The number of fused-ring (bicyclic) bond motifs is 1. The molecule has 4 nitrogen and oxygen atoms in total. The van der Waals surface area contributed by atoms with Crippen LogP contribution in [-0.2, 0) is 4.79 Å². The second-order valence-electron chi connectivity index (χ2n) is 8.12. The monoisotopic (exact) mass is 282 g/mol. The van der Waals surface area contributed by atoms with Gasteiger partial charge in [0.1, 0.15) is 0 Å². The highest BCUT2D eigenvalue weighted by atomic mass is 16.3. The Morgan fingerprint density at radius 2 is 1.90 bits per heavy atom. The van der Waals surface area contributed by atoms with Crippen molar-refractivity contribution in [3.63, 3.8) is 0 Å². The third-order valence-corrected chi connectivity index (χ3v) is 6.31. The molecule has 0 heterocycles. The van der Waals surface area contributed by atoms with Crippen LogP contribution in [-0.4, -0.2) is 16.6 Å². The summed E-state index contributed by atoms with van der Waals surface area (Å²) < 4.78 is 0. The van der Waals surface area contributed by atoms with Crippen LogP contribution in [0.3, 0.4) is 0 Å². The third kappa shape index (κ3) is 2.48. The number of carbonyl (C=O) groups is 1. The zero-order valence-electron chi connectivity index (χ0n) is 13.3. The van der Waals surface area contributed by atoms with Crippen LogP contribution in [0.25, 0.3) is 0 Å². The van der Waals surface area contributed by atoms with E-state index in [1.165, 1.54) is 12.8 Å². The fourth-order valence-electron chi connectivity index (χ4n) is 5.32. The average Bonchev–Trinajstić information content (AvgIpc) is 2.32. The Bertz CT molecular complexity index is 392. The number of nitrogens with two attached hydrogens (primary N) is 1. The van der Waals surface area contributed by atoms with E-state index in [0.29, 0.717) is 17.8 Å². The van der Waals surface area contributed by atoms with E-state index in [0.717, 1.165) is 19.3 Å². The molecule has 0 bridgehead atoms. The van der Waals surface area contributed by atoms with E-state index in [2.05, 4.69) is 26.2 Å².